The van der Waals surface area contributed by atoms with Gasteiger partial charge in [-0.25, -0.2) is 4.98 Å². The third kappa shape index (κ3) is 3.94. The van der Waals surface area contributed by atoms with Crippen molar-refractivity contribution in [3.63, 3.8) is 0 Å². The second-order valence-electron chi connectivity index (χ2n) is 4.88. The third-order valence-electron chi connectivity index (χ3n) is 3.27. The lowest BCUT2D eigenvalue weighted by Crippen LogP contribution is -2.25. The number of nitrogens with one attached hydrogen (secondary N) is 1. The molecular weight excluding hydrogens is 302 g/mol. The van der Waals surface area contributed by atoms with Gasteiger partial charge >= 0.3 is 0 Å². The number of amides is 1. The highest BCUT2D eigenvalue weighted by Gasteiger charge is 2.17. The molecule has 120 valence electrons. The van der Waals surface area contributed by atoms with Crippen LogP contribution >= 0.6 is 11.3 Å². The number of aryl methyl sites for hydroxylation is 1. The van der Waals surface area contributed by atoms with Gasteiger partial charge in [-0.05, 0) is 26.3 Å². The molecule has 0 aliphatic heterocycles. The molecule has 0 spiro atoms. The first-order valence-corrected chi connectivity index (χ1v) is 8.08. The van der Waals surface area contributed by atoms with Gasteiger partial charge < -0.3 is 15.2 Å². The first-order chi connectivity index (χ1) is 10.6. The molecule has 2 aromatic rings. The summed E-state index contributed by atoms with van der Waals surface area (Å²) in [6.07, 6.45) is 2.47. The van der Waals surface area contributed by atoms with Gasteiger partial charge in [0, 0.05) is 36.1 Å². The Morgan fingerprint density at radius 3 is 2.95 bits per heavy atom. The third-order valence-corrected chi connectivity index (χ3v) is 4.03. The van der Waals surface area contributed by atoms with E-state index in [1.807, 2.05) is 29.9 Å². The maximum Gasteiger partial charge on any atom is 0.253 e. The van der Waals surface area contributed by atoms with Gasteiger partial charge in [0.25, 0.3) is 5.91 Å². The molecule has 0 atom stereocenters. The number of aliphatic hydroxyl groups is 1. The van der Waals surface area contributed by atoms with E-state index in [4.69, 9.17) is 9.84 Å². The maximum atomic E-state index is 12.3. The Balaban J connectivity index is 1.95. The number of aliphatic hydroxyl groups excluding tert-OH is 1. The Kier molecular flexibility index (Phi) is 6.11. The van der Waals surface area contributed by atoms with Crippen LogP contribution in [0.25, 0.3) is 5.13 Å². The highest BCUT2D eigenvalue weighted by atomic mass is 32.1. The lowest BCUT2D eigenvalue weighted by Gasteiger charge is -2.07. The van der Waals surface area contributed by atoms with Gasteiger partial charge in [-0.2, -0.15) is 0 Å². The fourth-order valence-electron chi connectivity index (χ4n) is 2.25. The summed E-state index contributed by atoms with van der Waals surface area (Å²) in [5, 5.41) is 14.3. The molecule has 0 aromatic carbocycles. The van der Waals surface area contributed by atoms with Crippen molar-refractivity contribution < 1.29 is 14.6 Å². The van der Waals surface area contributed by atoms with Gasteiger partial charge in [0.2, 0.25) is 0 Å². The van der Waals surface area contributed by atoms with Crippen LogP contribution in [-0.2, 0) is 4.74 Å². The molecule has 2 N–H and O–H groups in total. The number of carbonyl (C=O) groups excluding carboxylic acids is 1. The Morgan fingerprint density at radius 2 is 2.27 bits per heavy atom. The predicted molar refractivity (Wildman–Crippen MR) is 85.8 cm³/mol. The van der Waals surface area contributed by atoms with E-state index in [0.29, 0.717) is 25.3 Å². The molecule has 0 unspecified atom stereocenters. The van der Waals surface area contributed by atoms with Crippen molar-refractivity contribution in [1.82, 2.24) is 14.9 Å². The summed E-state index contributed by atoms with van der Waals surface area (Å²) in [5.41, 5.74) is 2.55. The van der Waals surface area contributed by atoms with Crippen molar-refractivity contribution in [2.45, 2.75) is 20.3 Å². The summed E-state index contributed by atoms with van der Waals surface area (Å²) in [6.45, 7) is 5.32. The van der Waals surface area contributed by atoms with E-state index in [0.717, 1.165) is 22.9 Å². The average molecular weight is 323 g/mol. The Morgan fingerprint density at radius 1 is 1.45 bits per heavy atom. The van der Waals surface area contributed by atoms with Gasteiger partial charge in [0.15, 0.2) is 5.13 Å². The molecule has 7 heteroatoms. The lowest BCUT2D eigenvalue weighted by molar-refractivity contribution is 0.0867. The minimum Gasteiger partial charge on any atom is -0.394 e. The number of aromatic nitrogens is 2. The van der Waals surface area contributed by atoms with Crippen LogP contribution in [0.1, 0.15) is 28.2 Å². The summed E-state index contributed by atoms with van der Waals surface area (Å²) in [7, 11) is 0. The van der Waals surface area contributed by atoms with E-state index in [1.165, 1.54) is 0 Å². The highest BCUT2D eigenvalue weighted by molar-refractivity contribution is 7.12. The second kappa shape index (κ2) is 8.07. The van der Waals surface area contributed by atoms with Crippen molar-refractivity contribution in [1.29, 1.82) is 0 Å². The number of ether oxygens (including phenoxy) is 1. The van der Waals surface area contributed by atoms with E-state index >= 15 is 0 Å². The average Bonchev–Trinajstić information content (AvgIpc) is 3.10. The summed E-state index contributed by atoms with van der Waals surface area (Å²) in [5.74, 6) is -0.0851. The Labute approximate surface area is 133 Å². The number of rotatable bonds is 8. The van der Waals surface area contributed by atoms with Crippen LogP contribution < -0.4 is 5.32 Å². The van der Waals surface area contributed by atoms with Gasteiger partial charge in [0.1, 0.15) is 0 Å². The largest absolute Gasteiger partial charge is 0.394 e. The summed E-state index contributed by atoms with van der Waals surface area (Å²) in [4.78, 5) is 16.6. The van der Waals surface area contributed by atoms with E-state index < -0.39 is 0 Å². The van der Waals surface area contributed by atoms with Crippen LogP contribution in [0.3, 0.4) is 0 Å². The first-order valence-electron chi connectivity index (χ1n) is 7.20. The van der Waals surface area contributed by atoms with Gasteiger partial charge in [0.05, 0.1) is 18.8 Å². The molecule has 1 amide bonds. The van der Waals surface area contributed by atoms with Crippen molar-refractivity contribution in [3.05, 3.63) is 34.6 Å². The van der Waals surface area contributed by atoms with Gasteiger partial charge in [-0.15, -0.1) is 11.3 Å². The Hall–Kier alpha value is -1.70. The molecule has 0 aliphatic carbocycles. The molecule has 0 saturated heterocycles. The zero-order chi connectivity index (χ0) is 15.9. The minimum absolute atomic E-state index is 0.0229. The first kappa shape index (κ1) is 16.7. The summed E-state index contributed by atoms with van der Waals surface area (Å²) < 4.78 is 7.14. The van der Waals surface area contributed by atoms with Crippen LogP contribution in [-0.4, -0.2) is 46.9 Å². The van der Waals surface area contributed by atoms with E-state index in [1.54, 1.807) is 17.5 Å². The maximum absolute atomic E-state index is 12.3. The molecule has 0 aliphatic rings. The zero-order valence-corrected chi connectivity index (χ0v) is 13.7. The van der Waals surface area contributed by atoms with Gasteiger partial charge in [-0.3, -0.25) is 9.36 Å². The molecular formula is C15H21N3O3S. The lowest BCUT2D eigenvalue weighted by atomic mass is 10.2. The van der Waals surface area contributed by atoms with E-state index in [-0.39, 0.29) is 12.5 Å². The fourth-order valence-corrected chi connectivity index (χ4v) is 3.00. The molecule has 0 fully saturated rings. The smallest absolute Gasteiger partial charge is 0.253 e. The van der Waals surface area contributed by atoms with Crippen LogP contribution in [0.4, 0.5) is 0 Å². The molecule has 2 aromatic heterocycles. The Bertz CT molecular complexity index is 608. The normalized spacial score (nSPS) is 10.9. The molecule has 2 rings (SSSR count). The van der Waals surface area contributed by atoms with Crippen LogP contribution in [0.5, 0.6) is 0 Å². The number of carbonyl (C=O) groups is 1. The monoisotopic (exact) mass is 323 g/mol. The molecule has 22 heavy (non-hydrogen) atoms. The summed E-state index contributed by atoms with van der Waals surface area (Å²) in [6, 6.07) is 1.88. The topological polar surface area (TPSA) is 76.4 Å². The van der Waals surface area contributed by atoms with Crippen molar-refractivity contribution in [3.8, 4) is 5.13 Å². The fraction of sp³-hybridized carbons (Fsp3) is 0.467. The molecule has 0 saturated carbocycles. The van der Waals surface area contributed by atoms with Crippen LogP contribution in [0.2, 0.25) is 0 Å². The number of hydrogen-bond acceptors (Lipinski definition) is 5. The van der Waals surface area contributed by atoms with Crippen LogP contribution in [0.15, 0.2) is 17.6 Å². The highest BCUT2D eigenvalue weighted by Crippen LogP contribution is 2.22. The van der Waals surface area contributed by atoms with E-state index in [2.05, 4.69) is 10.3 Å². The number of nitrogens with zero attached hydrogens (tertiary/aromatic N) is 2. The standard InChI is InChI=1S/C15H21N3O3S/c1-11-10-13(12(2)18(11)15-17-5-9-22-15)14(20)16-4-3-7-21-8-6-19/h5,9-10,19H,3-4,6-8H2,1-2H3,(H,16,20). The quantitative estimate of drug-likeness (QED) is 0.725. The summed E-state index contributed by atoms with van der Waals surface area (Å²) >= 11 is 1.54. The zero-order valence-electron chi connectivity index (χ0n) is 12.8. The van der Waals surface area contributed by atoms with Crippen molar-refractivity contribution >= 4 is 17.2 Å². The molecule has 0 bridgehead atoms. The number of hydrogen-bond donors (Lipinski definition) is 2. The molecule has 0 radical (unpaired) electrons. The van der Waals surface area contributed by atoms with Crippen LogP contribution in [0, 0.1) is 13.8 Å². The predicted octanol–water partition coefficient (Wildman–Crippen LogP) is 1.68. The molecule has 6 nitrogen and oxygen atoms in total. The van der Waals surface area contributed by atoms with Crippen molar-refractivity contribution in [2.75, 3.05) is 26.4 Å². The van der Waals surface area contributed by atoms with Crippen molar-refractivity contribution in [2.24, 2.45) is 0 Å². The minimum atomic E-state index is -0.0851. The molecule has 2 heterocycles. The second-order valence-corrected chi connectivity index (χ2v) is 5.75. The van der Waals surface area contributed by atoms with Gasteiger partial charge in [-0.1, -0.05) is 0 Å². The number of thiazole rings is 1. The SMILES string of the molecule is Cc1cc(C(=O)NCCCOCCO)c(C)n1-c1nccs1. The van der Waals surface area contributed by atoms with E-state index in [9.17, 15) is 4.79 Å².